The minimum Gasteiger partial charge on any atom is -0.300 e. The van der Waals surface area contributed by atoms with Crippen LogP contribution < -0.4 is 10.9 Å². The Morgan fingerprint density at radius 3 is 2.68 bits per heavy atom. The van der Waals surface area contributed by atoms with E-state index in [4.69, 9.17) is 0 Å². The molecule has 11 heteroatoms. The highest BCUT2D eigenvalue weighted by atomic mass is 32.2. The van der Waals surface area contributed by atoms with Crippen molar-refractivity contribution in [1.29, 1.82) is 0 Å². The molecule has 1 N–H and O–H groups in total. The van der Waals surface area contributed by atoms with Crippen molar-refractivity contribution in [3.05, 3.63) is 59.1 Å². The predicted octanol–water partition coefficient (Wildman–Crippen LogP) is 3.07. The van der Waals surface area contributed by atoms with E-state index in [-0.39, 0.29) is 16.8 Å². The third kappa shape index (κ3) is 4.33. The lowest BCUT2D eigenvalue weighted by molar-refractivity contribution is -0.116. The highest BCUT2D eigenvalue weighted by Crippen LogP contribution is 2.26. The summed E-state index contributed by atoms with van der Waals surface area (Å²) in [6, 6.07) is 11.9. The molecule has 5 rings (SSSR count). The van der Waals surface area contributed by atoms with Gasteiger partial charge in [-0.25, -0.2) is 18.4 Å². The maximum atomic E-state index is 13.1. The molecule has 0 aliphatic carbocycles. The van der Waals surface area contributed by atoms with Crippen molar-refractivity contribution in [2.75, 3.05) is 18.4 Å². The number of sulfonamides is 1. The normalized spacial score (nSPS) is 15.7. The van der Waals surface area contributed by atoms with Crippen molar-refractivity contribution in [2.45, 2.75) is 31.2 Å². The van der Waals surface area contributed by atoms with Crippen LogP contribution in [0.15, 0.2) is 58.5 Å². The number of para-hydroxylation sites is 1. The van der Waals surface area contributed by atoms with Crippen LogP contribution in [0.1, 0.15) is 19.8 Å². The molecule has 2 aromatic heterocycles. The predicted molar refractivity (Wildman–Crippen MR) is 131 cm³/mol. The molecule has 1 saturated heterocycles. The second-order valence-electron chi connectivity index (χ2n) is 8.48. The third-order valence-electron chi connectivity index (χ3n) is 6.03. The Morgan fingerprint density at radius 1 is 1.15 bits per heavy atom. The highest BCUT2D eigenvalue weighted by molar-refractivity contribution is 7.89. The zero-order valence-corrected chi connectivity index (χ0v) is 20.1. The average Bonchev–Trinajstić information content (AvgIpc) is 3.23. The van der Waals surface area contributed by atoms with Crippen LogP contribution in [0.4, 0.5) is 5.13 Å². The number of benzene rings is 2. The van der Waals surface area contributed by atoms with E-state index in [0.29, 0.717) is 29.7 Å². The number of rotatable bonds is 5. The van der Waals surface area contributed by atoms with Crippen LogP contribution >= 0.6 is 11.3 Å². The monoisotopic (exact) mass is 497 g/mol. The van der Waals surface area contributed by atoms with E-state index in [1.54, 1.807) is 0 Å². The molecule has 2 aromatic carbocycles. The van der Waals surface area contributed by atoms with Crippen molar-refractivity contribution in [3.8, 4) is 0 Å². The van der Waals surface area contributed by atoms with Gasteiger partial charge >= 0.3 is 0 Å². The molecule has 1 amide bonds. The molecule has 0 bridgehead atoms. The van der Waals surface area contributed by atoms with Crippen molar-refractivity contribution >= 4 is 53.5 Å². The number of aromatic nitrogens is 3. The van der Waals surface area contributed by atoms with Crippen LogP contribution in [0.5, 0.6) is 0 Å². The maximum Gasteiger partial charge on any atom is 0.261 e. The van der Waals surface area contributed by atoms with Gasteiger partial charge in [0.15, 0.2) is 5.13 Å². The summed E-state index contributed by atoms with van der Waals surface area (Å²) in [7, 11) is -3.71. The molecule has 1 fully saturated rings. The van der Waals surface area contributed by atoms with Gasteiger partial charge in [-0.1, -0.05) is 30.4 Å². The van der Waals surface area contributed by atoms with Gasteiger partial charge in [-0.15, -0.1) is 0 Å². The molecule has 0 spiro atoms. The van der Waals surface area contributed by atoms with E-state index in [1.165, 1.54) is 44.7 Å². The van der Waals surface area contributed by atoms with Crippen LogP contribution in [-0.4, -0.2) is 46.3 Å². The van der Waals surface area contributed by atoms with Crippen LogP contribution in [0.2, 0.25) is 0 Å². The number of amides is 1. The number of nitrogens with zero attached hydrogens (tertiary/aromatic N) is 4. The van der Waals surface area contributed by atoms with E-state index in [1.807, 2.05) is 24.3 Å². The summed E-state index contributed by atoms with van der Waals surface area (Å²) in [5, 5.41) is 3.31. The van der Waals surface area contributed by atoms with E-state index in [0.717, 1.165) is 23.1 Å². The molecule has 34 heavy (non-hydrogen) atoms. The second-order valence-corrected chi connectivity index (χ2v) is 11.4. The van der Waals surface area contributed by atoms with Gasteiger partial charge < -0.3 is 5.32 Å². The van der Waals surface area contributed by atoms with Gasteiger partial charge in [0.05, 0.1) is 32.3 Å². The molecule has 9 nitrogen and oxygen atoms in total. The summed E-state index contributed by atoms with van der Waals surface area (Å²) in [4.78, 5) is 34.3. The Hall–Kier alpha value is -3.15. The maximum absolute atomic E-state index is 13.1. The number of fused-ring (bicyclic) bond motifs is 2. The molecule has 0 saturated carbocycles. The number of hydrogen-bond acceptors (Lipinski definition) is 7. The molecule has 3 heterocycles. The Morgan fingerprint density at radius 2 is 1.91 bits per heavy atom. The van der Waals surface area contributed by atoms with Crippen LogP contribution in [-0.2, 0) is 21.4 Å². The molecule has 0 unspecified atom stereocenters. The van der Waals surface area contributed by atoms with Gasteiger partial charge in [0.1, 0.15) is 6.54 Å². The third-order valence-corrected chi connectivity index (χ3v) is 8.88. The van der Waals surface area contributed by atoms with Crippen molar-refractivity contribution < 1.29 is 13.2 Å². The minimum atomic E-state index is -3.71. The number of hydrogen-bond donors (Lipinski definition) is 1. The number of anilines is 1. The zero-order valence-electron chi connectivity index (χ0n) is 18.5. The van der Waals surface area contributed by atoms with E-state index in [9.17, 15) is 18.0 Å². The average molecular weight is 498 g/mol. The zero-order chi connectivity index (χ0) is 23.9. The summed E-state index contributed by atoms with van der Waals surface area (Å²) in [5.41, 5.74) is 0.678. The standard InChI is InChI=1S/C23H23N5O4S2/c1-15-8-10-28(11-9-15)34(31,32)16-6-7-18-17(12-16)22(30)27(14-24-18)13-21(29)26-23-25-19-4-2-3-5-20(19)33-23/h2-7,12,14-15H,8-11,13H2,1H3,(H,25,26,29). The van der Waals surface area contributed by atoms with Gasteiger partial charge in [-0.05, 0) is 49.1 Å². The summed E-state index contributed by atoms with van der Waals surface area (Å²) in [5.74, 6) is 0.0712. The first-order valence-corrected chi connectivity index (χ1v) is 13.2. The van der Waals surface area contributed by atoms with Crippen LogP contribution in [0.3, 0.4) is 0 Å². The fourth-order valence-corrected chi connectivity index (χ4v) is 6.40. The lowest BCUT2D eigenvalue weighted by Crippen LogP contribution is -2.38. The molecular formula is C23H23N5O4S2. The molecule has 4 aromatic rings. The fourth-order valence-electron chi connectivity index (χ4n) is 4.02. The lowest BCUT2D eigenvalue weighted by atomic mass is 10.0. The number of carbonyl (C=O) groups is 1. The number of carbonyl (C=O) groups excluding carboxylic acids is 1. The number of thiazole rings is 1. The molecule has 1 aliphatic heterocycles. The Balaban J connectivity index is 1.39. The summed E-state index contributed by atoms with van der Waals surface area (Å²) in [6.07, 6.45) is 2.92. The van der Waals surface area contributed by atoms with Gasteiger partial charge in [-0.3, -0.25) is 14.2 Å². The topological polar surface area (TPSA) is 114 Å². The summed E-state index contributed by atoms with van der Waals surface area (Å²) in [6.45, 7) is 2.77. The molecule has 1 aliphatic rings. The minimum absolute atomic E-state index is 0.0603. The van der Waals surface area contributed by atoms with Crippen LogP contribution in [0.25, 0.3) is 21.1 Å². The van der Waals surface area contributed by atoms with Crippen molar-refractivity contribution in [2.24, 2.45) is 5.92 Å². The molecule has 0 radical (unpaired) electrons. The molecule has 0 atom stereocenters. The number of piperidine rings is 1. The van der Waals surface area contributed by atoms with Gasteiger partial charge in [0.2, 0.25) is 15.9 Å². The first-order valence-electron chi connectivity index (χ1n) is 11.0. The van der Waals surface area contributed by atoms with E-state index < -0.39 is 21.5 Å². The first-order chi connectivity index (χ1) is 16.3. The number of nitrogens with one attached hydrogen (secondary N) is 1. The van der Waals surface area contributed by atoms with Crippen LogP contribution in [0, 0.1) is 5.92 Å². The smallest absolute Gasteiger partial charge is 0.261 e. The summed E-state index contributed by atoms with van der Waals surface area (Å²) >= 11 is 1.34. The van der Waals surface area contributed by atoms with E-state index >= 15 is 0 Å². The molecule has 176 valence electrons. The van der Waals surface area contributed by atoms with E-state index in [2.05, 4.69) is 22.2 Å². The fraction of sp³-hybridized carbons (Fsp3) is 0.304. The highest BCUT2D eigenvalue weighted by Gasteiger charge is 2.28. The lowest BCUT2D eigenvalue weighted by Gasteiger charge is -2.29. The van der Waals surface area contributed by atoms with Gasteiger partial charge in [0, 0.05) is 13.1 Å². The molecular weight excluding hydrogens is 474 g/mol. The quantitative estimate of drug-likeness (QED) is 0.453. The van der Waals surface area contributed by atoms with Gasteiger partial charge in [0.25, 0.3) is 5.56 Å². The Bertz CT molecular complexity index is 1520. The second kappa shape index (κ2) is 8.90. The Labute approximate surface area is 200 Å². The van der Waals surface area contributed by atoms with Gasteiger partial charge in [-0.2, -0.15) is 4.31 Å². The first kappa shape index (κ1) is 22.6. The Kier molecular flexibility index (Phi) is 5.92. The van der Waals surface area contributed by atoms with Crippen molar-refractivity contribution in [3.63, 3.8) is 0 Å². The SMILES string of the molecule is CC1CCN(S(=O)(=O)c2ccc3ncn(CC(=O)Nc4nc5ccccc5s4)c(=O)c3c2)CC1. The largest absolute Gasteiger partial charge is 0.300 e. The summed E-state index contributed by atoms with van der Waals surface area (Å²) < 4.78 is 29.8. The van der Waals surface area contributed by atoms with Crippen molar-refractivity contribution in [1.82, 2.24) is 18.8 Å².